The number of carboxylic acid groups (broad SMARTS) is 1. The molecule has 1 aliphatic heterocycles. The number of amides is 2. The number of nitrogens with zero attached hydrogens (tertiary/aromatic N) is 2. The second kappa shape index (κ2) is 9.96. The van der Waals surface area contributed by atoms with Gasteiger partial charge in [0.25, 0.3) is 5.91 Å². The maximum absolute atomic E-state index is 12.7. The van der Waals surface area contributed by atoms with E-state index in [0.29, 0.717) is 56.2 Å². The van der Waals surface area contributed by atoms with Gasteiger partial charge in [-0.25, -0.2) is 0 Å². The van der Waals surface area contributed by atoms with E-state index in [-0.39, 0.29) is 18.4 Å². The molecule has 2 amide bonds. The van der Waals surface area contributed by atoms with Crippen molar-refractivity contribution in [3.63, 3.8) is 0 Å². The molecule has 8 heteroatoms. The molecule has 0 unspecified atom stereocenters. The lowest BCUT2D eigenvalue weighted by Crippen LogP contribution is -2.45. The first-order chi connectivity index (χ1) is 13.4. The van der Waals surface area contributed by atoms with Crippen LogP contribution in [0.3, 0.4) is 0 Å². The number of benzene rings is 1. The van der Waals surface area contributed by atoms with Crippen LogP contribution in [0.5, 0.6) is 11.5 Å². The number of piperidine rings is 1. The van der Waals surface area contributed by atoms with Gasteiger partial charge in [0.05, 0.1) is 25.7 Å². The molecule has 28 heavy (non-hydrogen) atoms. The average Bonchev–Trinajstić information content (AvgIpc) is 2.69. The first-order valence-corrected chi connectivity index (χ1v) is 9.53. The molecule has 0 saturated carbocycles. The highest BCUT2D eigenvalue weighted by Gasteiger charge is 2.28. The molecule has 1 aliphatic rings. The van der Waals surface area contributed by atoms with E-state index in [1.165, 1.54) is 4.90 Å². The topological polar surface area (TPSA) is 96.4 Å². The zero-order valence-electron chi connectivity index (χ0n) is 16.6. The molecule has 0 atom stereocenters. The molecule has 0 aromatic heterocycles. The van der Waals surface area contributed by atoms with Crippen LogP contribution >= 0.6 is 0 Å². The van der Waals surface area contributed by atoms with Crippen molar-refractivity contribution in [1.29, 1.82) is 0 Å². The normalized spacial score (nSPS) is 14.5. The molecule has 2 rings (SSSR count). The molecular weight excluding hydrogens is 364 g/mol. The standard InChI is InChI=1S/C20H28N2O6/c1-4-27-16-7-6-15(12-17(16)28-5-2)19(24)21(3)13-18(23)22-10-8-14(9-11-22)20(25)26/h6-7,12,14H,4-5,8-11,13H2,1-3H3,(H,25,26). The molecule has 1 aromatic rings. The molecular formula is C20H28N2O6. The monoisotopic (exact) mass is 392 g/mol. The molecule has 0 aliphatic carbocycles. The zero-order chi connectivity index (χ0) is 20.7. The van der Waals surface area contributed by atoms with E-state index in [2.05, 4.69) is 0 Å². The summed E-state index contributed by atoms with van der Waals surface area (Å²) in [6.45, 7) is 5.38. The van der Waals surface area contributed by atoms with E-state index in [1.54, 1.807) is 30.1 Å². The van der Waals surface area contributed by atoms with E-state index in [9.17, 15) is 14.4 Å². The van der Waals surface area contributed by atoms with Crippen LogP contribution in [-0.2, 0) is 9.59 Å². The Kier molecular flexibility index (Phi) is 7.66. The number of carbonyl (C=O) groups is 3. The largest absolute Gasteiger partial charge is 0.490 e. The third-order valence-electron chi connectivity index (χ3n) is 4.71. The number of aliphatic carboxylic acids is 1. The van der Waals surface area contributed by atoms with Crippen LogP contribution in [0, 0.1) is 5.92 Å². The highest BCUT2D eigenvalue weighted by Crippen LogP contribution is 2.29. The van der Waals surface area contributed by atoms with Gasteiger partial charge in [-0.15, -0.1) is 0 Å². The number of ether oxygens (including phenoxy) is 2. The van der Waals surface area contributed by atoms with Crippen LogP contribution < -0.4 is 9.47 Å². The predicted molar refractivity (Wildman–Crippen MR) is 103 cm³/mol. The van der Waals surface area contributed by atoms with Gasteiger partial charge in [-0.05, 0) is 44.9 Å². The fourth-order valence-electron chi connectivity index (χ4n) is 3.16. The summed E-state index contributed by atoms with van der Waals surface area (Å²) in [7, 11) is 1.57. The highest BCUT2D eigenvalue weighted by atomic mass is 16.5. The summed E-state index contributed by atoms with van der Waals surface area (Å²) >= 11 is 0. The number of rotatable bonds is 8. The van der Waals surface area contributed by atoms with E-state index in [4.69, 9.17) is 14.6 Å². The summed E-state index contributed by atoms with van der Waals surface area (Å²) in [6, 6.07) is 4.96. The van der Waals surface area contributed by atoms with Crippen molar-refractivity contribution in [3.8, 4) is 11.5 Å². The van der Waals surface area contributed by atoms with Crippen molar-refractivity contribution in [2.75, 3.05) is 39.9 Å². The Hall–Kier alpha value is -2.77. The van der Waals surface area contributed by atoms with Gasteiger partial charge in [-0.2, -0.15) is 0 Å². The Morgan fingerprint density at radius 2 is 1.71 bits per heavy atom. The van der Waals surface area contributed by atoms with Crippen LogP contribution in [0.4, 0.5) is 0 Å². The fourth-order valence-corrected chi connectivity index (χ4v) is 3.16. The molecule has 0 spiro atoms. The van der Waals surface area contributed by atoms with Gasteiger partial charge in [0.2, 0.25) is 5.91 Å². The molecule has 0 radical (unpaired) electrons. The van der Waals surface area contributed by atoms with E-state index >= 15 is 0 Å². The van der Waals surface area contributed by atoms with Gasteiger partial charge in [0, 0.05) is 25.7 Å². The van der Waals surface area contributed by atoms with Crippen molar-refractivity contribution in [2.24, 2.45) is 5.92 Å². The van der Waals surface area contributed by atoms with Gasteiger partial charge in [-0.1, -0.05) is 0 Å². The number of carboxylic acids is 1. The second-order valence-corrected chi connectivity index (χ2v) is 6.68. The SMILES string of the molecule is CCOc1ccc(C(=O)N(C)CC(=O)N2CCC(C(=O)O)CC2)cc1OCC. The third kappa shape index (κ3) is 5.37. The third-order valence-corrected chi connectivity index (χ3v) is 4.71. The Bertz CT molecular complexity index is 713. The summed E-state index contributed by atoms with van der Waals surface area (Å²) in [6.07, 6.45) is 0.880. The molecule has 1 heterocycles. The Labute approximate surface area is 165 Å². The summed E-state index contributed by atoms with van der Waals surface area (Å²) < 4.78 is 11.0. The molecule has 1 fully saturated rings. The average molecular weight is 392 g/mol. The van der Waals surface area contributed by atoms with Crippen molar-refractivity contribution < 1.29 is 29.0 Å². The summed E-state index contributed by atoms with van der Waals surface area (Å²) in [5, 5.41) is 9.05. The molecule has 1 aromatic carbocycles. The van der Waals surface area contributed by atoms with Crippen molar-refractivity contribution in [1.82, 2.24) is 9.80 Å². The summed E-state index contributed by atoms with van der Waals surface area (Å²) in [5.74, 6) is -0.635. The van der Waals surface area contributed by atoms with Crippen LogP contribution in [0.1, 0.15) is 37.0 Å². The van der Waals surface area contributed by atoms with Crippen molar-refractivity contribution in [3.05, 3.63) is 23.8 Å². The quantitative estimate of drug-likeness (QED) is 0.726. The Balaban J connectivity index is 1.99. The number of hydrogen-bond acceptors (Lipinski definition) is 5. The van der Waals surface area contributed by atoms with Crippen LogP contribution in [-0.4, -0.2) is 72.6 Å². The maximum atomic E-state index is 12.7. The minimum absolute atomic E-state index is 0.0618. The lowest BCUT2D eigenvalue weighted by Gasteiger charge is -2.31. The number of likely N-dealkylation sites (N-methyl/N-ethyl adjacent to an activating group) is 1. The lowest BCUT2D eigenvalue weighted by molar-refractivity contribution is -0.145. The molecule has 0 bridgehead atoms. The number of carbonyl (C=O) groups excluding carboxylic acids is 2. The van der Waals surface area contributed by atoms with E-state index < -0.39 is 11.9 Å². The van der Waals surface area contributed by atoms with Crippen molar-refractivity contribution in [2.45, 2.75) is 26.7 Å². The van der Waals surface area contributed by atoms with Crippen molar-refractivity contribution >= 4 is 17.8 Å². The van der Waals surface area contributed by atoms with E-state index in [1.807, 2.05) is 13.8 Å². The minimum atomic E-state index is -0.819. The highest BCUT2D eigenvalue weighted by molar-refractivity contribution is 5.97. The second-order valence-electron chi connectivity index (χ2n) is 6.68. The molecule has 1 saturated heterocycles. The predicted octanol–water partition coefficient (Wildman–Crippen LogP) is 1.88. The first kappa shape index (κ1) is 21.5. The Morgan fingerprint density at radius 1 is 1.11 bits per heavy atom. The zero-order valence-corrected chi connectivity index (χ0v) is 16.6. The van der Waals surface area contributed by atoms with Gasteiger partial charge in [0.15, 0.2) is 11.5 Å². The van der Waals surface area contributed by atoms with E-state index in [0.717, 1.165) is 0 Å². The molecule has 1 N–H and O–H groups in total. The van der Waals surface area contributed by atoms with Crippen LogP contribution in [0.25, 0.3) is 0 Å². The fraction of sp³-hybridized carbons (Fsp3) is 0.550. The van der Waals surface area contributed by atoms with Gasteiger partial charge in [-0.3, -0.25) is 14.4 Å². The Morgan fingerprint density at radius 3 is 2.29 bits per heavy atom. The number of likely N-dealkylation sites (tertiary alicyclic amines) is 1. The molecule has 8 nitrogen and oxygen atoms in total. The first-order valence-electron chi connectivity index (χ1n) is 9.53. The van der Waals surface area contributed by atoms with Gasteiger partial charge in [0.1, 0.15) is 0 Å². The van der Waals surface area contributed by atoms with Gasteiger partial charge >= 0.3 is 5.97 Å². The maximum Gasteiger partial charge on any atom is 0.306 e. The lowest BCUT2D eigenvalue weighted by atomic mass is 9.97. The van der Waals surface area contributed by atoms with Gasteiger partial charge < -0.3 is 24.4 Å². The summed E-state index contributed by atoms with van der Waals surface area (Å²) in [5.41, 5.74) is 0.409. The summed E-state index contributed by atoms with van der Waals surface area (Å²) in [4.78, 5) is 39.2. The minimum Gasteiger partial charge on any atom is -0.490 e. The molecule has 154 valence electrons. The van der Waals surface area contributed by atoms with Crippen LogP contribution in [0.2, 0.25) is 0 Å². The smallest absolute Gasteiger partial charge is 0.306 e. The van der Waals surface area contributed by atoms with Crippen LogP contribution in [0.15, 0.2) is 18.2 Å². The number of hydrogen-bond donors (Lipinski definition) is 1.